The second kappa shape index (κ2) is 4.98. The number of rotatable bonds is 3. The van der Waals surface area contributed by atoms with Gasteiger partial charge in [0.1, 0.15) is 5.75 Å². The van der Waals surface area contributed by atoms with Crippen LogP contribution in [0.3, 0.4) is 0 Å². The first-order valence-electron chi connectivity index (χ1n) is 7.69. The van der Waals surface area contributed by atoms with Crippen molar-refractivity contribution in [2.45, 2.75) is 24.9 Å². The molecule has 6 nitrogen and oxygen atoms in total. The largest absolute Gasteiger partial charge is 0.497 e. The Morgan fingerprint density at radius 1 is 1.45 bits per heavy atom. The first-order valence-corrected chi connectivity index (χ1v) is 7.69. The molecule has 3 atom stereocenters. The van der Waals surface area contributed by atoms with Crippen molar-refractivity contribution >= 4 is 16.8 Å². The number of piperidine rings is 1. The molecule has 1 aromatic heterocycles. The van der Waals surface area contributed by atoms with Gasteiger partial charge in [-0.15, -0.1) is 0 Å². The summed E-state index contributed by atoms with van der Waals surface area (Å²) < 4.78 is 5.19. The number of nitrogens with one attached hydrogen (secondary N) is 2. The molecule has 2 N–H and O–H groups in total. The first-order chi connectivity index (χ1) is 10.7. The maximum Gasteiger partial charge on any atom is 0.272 e. The highest BCUT2D eigenvalue weighted by molar-refractivity contribution is 6.05. The molecule has 1 aliphatic heterocycles. The fourth-order valence-electron chi connectivity index (χ4n) is 3.89. The minimum atomic E-state index is -0.0865. The Hall–Kier alpha value is -2.08. The number of amides is 1. The monoisotopic (exact) mass is 300 g/mol. The molecule has 0 spiro atoms. The summed E-state index contributed by atoms with van der Waals surface area (Å²) in [7, 11) is 3.79. The molecule has 2 aliphatic rings. The Morgan fingerprint density at radius 2 is 2.32 bits per heavy atom. The van der Waals surface area contributed by atoms with Gasteiger partial charge in [0, 0.05) is 30.1 Å². The summed E-state index contributed by atoms with van der Waals surface area (Å²) in [5.41, 5.74) is 1.28. The van der Waals surface area contributed by atoms with Gasteiger partial charge in [0.05, 0.1) is 12.6 Å². The molecule has 116 valence electrons. The molecule has 3 unspecified atom stereocenters. The molecule has 1 aromatic carbocycles. The summed E-state index contributed by atoms with van der Waals surface area (Å²) in [5, 5.41) is 11.1. The number of aromatic amines is 1. The lowest BCUT2D eigenvalue weighted by molar-refractivity contribution is 0.0909. The Kier molecular flexibility index (Phi) is 3.07. The second-order valence-corrected chi connectivity index (χ2v) is 6.39. The number of ether oxygens (including phenoxy) is 1. The summed E-state index contributed by atoms with van der Waals surface area (Å²) in [4.78, 5) is 14.9. The van der Waals surface area contributed by atoms with Gasteiger partial charge in [-0.2, -0.15) is 5.10 Å². The van der Waals surface area contributed by atoms with Crippen molar-refractivity contribution in [2.24, 2.45) is 5.92 Å². The topological polar surface area (TPSA) is 70.2 Å². The van der Waals surface area contributed by atoms with E-state index < -0.39 is 0 Å². The van der Waals surface area contributed by atoms with Gasteiger partial charge in [0.25, 0.3) is 5.91 Å². The van der Waals surface area contributed by atoms with Crippen molar-refractivity contribution in [3.8, 4) is 5.75 Å². The minimum absolute atomic E-state index is 0.0865. The average Bonchev–Trinajstić information content (AvgIpc) is 3.19. The van der Waals surface area contributed by atoms with Gasteiger partial charge in [0.2, 0.25) is 0 Å². The van der Waals surface area contributed by atoms with Gasteiger partial charge in [-0.3, -0.25) is 9.89 Å². The summed E-state index contributed by atoms with van der Waals surface area (Å²) >= 11 is 0. The summed E-state index contributed by atoms with van der Waals surface area (Å²) in [6.45, 7) is 1.08. The van der Waals surface area contributed by atoms with Gasteiger partial charge in [-0.25, -0.2) is 0 Å². The molecule has 1 amide bonds. The lowest BCUT2D eigenvalue weighted by Gasteiger charge is -2.28. The molecule has 1 aliphatic carbocycles. The summed E-state index contributed by atoms with van der Waals surface area (Å²) in [6.07, 6.45) is 2.24. The summed E-state index contributed by atoms with van der Waals surface area (Å²) in [6, 6.07) is 6.47. The van der Waals surface area contributed by atoms with E-state index in [0.717, 1.165) is 29.6 Å². The van der Waals surface area contributed by atoms with E-state index in [1.807, 2.05) is 18.2 Å². The third kappa shape index (κ3) is 2.06. The molecule has 22 heavy (non-hydrogen) atoms. The number of hydrogen-bond donors (Lipinski definition) is 2. The molecule has 2 aromatic rings. The minimum Gasteiger partial charge on any atom is -0.497 e. The second-order valence-electron chi connectivity index (χ2n) is 6.39. The molecular weight excluding hydrogens is 280 g/mol. The molecule has 6 heteroatoms. The van der Waals surface area contributed by atoms with Crippen molar-refractivity contribution in [1.29, 1.82) is 0 Å². The molecule has 1 saturated carbocycles. The Morgan fingerprint density at radius 3 is 3.00 bits per heavy atom. The molecular formula is C16H20N4O2. The van der Waals surface area contributed by atoms with Crippen LogP contribution >= 0.6 is 0 Å². The predicted octanol–water partition coefficient (Wildman–Crippen LogP) is 1.39. The Labute approximate surface area is 128 Å². The van der Waals surface area contributed by atoms with Gasteiger partial charge in [-0.05, 0) is 37.9 Å². The van der Waals surface area contributed by atoms with Crippen molar-refractivity contribution in [3.63, 3.8) is 0 Å². The fourth-order valence-corrected chi connectivity index (χ4v) is 3.89. The molecule has 2 heterocycles. The van der Waals surface area contributed by atoms with E-state index in [-0.39, 0.29) is 11.9 Å². The SMILES string of the molecule is COc1ccc2c(C(=O)NC3CC4CC3CN4C)n[nH]c2c1. The Bertz CT molecular complexity index is 724. The number of benzene rings is 1. The molecule has 4 rings (SSSR count). The van der Waals surface area contributed by atoms with Crippen LogP contribution in [0.25, 0.3) is 10.9 Å². The van der Waals surface area contributed by atoms with Crippen LogP contribution in [0.15, 0.2) is 18.2 Å². The van der Waals surface area contributed by atoms with E-state index in [0.29, 0.717) is 17.7 Å². The maximum atomic E-state index is 12.5. The maximum absolute atomic E-state index is 12.5. The highest BCUT2D eigenvalue weighted by Gasteiger charge is 2.43. The van der Waals surface area contributed by atoms with E-state index in [2.05, 4.69) is 27.5 Å². The number of methoxy groups -OCH3 is 1. The van der Waals surface area contributed by atoms with E-state index in [4.69, 9.17) is 4.74 Å². The molecule has 2 bridgehead atoms. The lowest BCUT2D eigenvalue weighted by Crippen LogP contribution is -2.44. The quantitative estimate of drug-likeness (QED) is 0.899. The van der Waals surface area contributed by atoms with Crippen LogP contribution in [0.4, 0.5) is 0 Å². The van der Waals surface area contributed by atoms with Crippen molar-refractivity contribution in [2.75, 3.05) is 20.7 Å². The number of H-pyrrole nitrogens is 1. The summed E-state index contributed by atoms with van der Waals surface area (Å²) in [5.74, 6) is 1.24. The van der Waals surface area contributed by atoms with Crippen LogP contribution in [0.2, 0.25) is 0 Å². The van der Waals surface area contributed by atoms with E-state index >= 15 is 0 Å². The van der Waals surface area contributed by atoms with E-state index in [9.17, 15) is 4.79 Å². The van der Waals surface area contributed by atoms with Gasteiger partial charge >= 0.3 is 0 Å². The predicted molar refractivity (Wildman–Crippen MR) is 83.0 cm³/mol. The van der Waals surface area contributed by atoms with Crippen molar-refractivity contribution in [1.82, 2.24) is 20.4 Å². The van der Waals surface area contributed by atoms with Crippen molar-refractivity contribution < 1.29 is 9.53 Å². The van der Waals surface area contributed by atoms with Crippen LogP contribution in [0.5, 0.6) is 5.75 Å². The van der Waals surface area contributed by atoms with E-state index in [1.165, 1.54) is 6.42 Å². The average molecular weight is 300 g/mol. The smallest absolute Gasteiger partial charge is 0.272 e. The molecule has 1 saturated heterocycles. The Balaban J connectivity index is 1.54. The lowest BCUT2D eigenvalue weighted by atomic mass is 10.0. The van der Waals surface area contributed by atoms with Crippen LogP contribution in [-0.2, 0) is 0 Å². The standard InChI is InChI=1S/C16H20N4O2/c1-20-8-9-5-10(20)6-13(9)17-16(21)15-12-4-3-11(22-2)7-14(12)18-19-15/h3-4,7,9-10,13H,5-6,8H2,1-2H3,(H,17,21)(H,18,19). The number of carbonyl (C=O) groups excluding carboxylic acids is 1. The van der Waals surface area contributed by atoms with Gasteiger partial charge in [0.15, 0.2) is 5.69 Å². The number of likely N-dealkylation sites (tertiary alicyclic amines) is 1. The zero-order chi connectivity index (χ0) is 15.3. The highest BCUT2D eigenvalue weighted by atomic mass is 16.5. The number of hydrogen-bond acceptors (Lipinski definition) is 4. The van der Waals surface area contributed by atoms with E-state index in [1.54, 1.807) is 7.11 Å². The zero-order valence-electron chi connectivity index (χ0n) is 12.8. The van der Waals surface area contributed by atoms with Crippen molar-refractivity contribution in [3.05, 3.63) is 23.9 Å². The zero-order valence-corrected chi connectivity index (χ0v) is 12.8. The molecule has 0 radical (unpaired) electrons. The van der Waals surface area contributed by atoms with Gasteiger partial charge < -0.3 is 15.0 Å². The fraction of sp³-hybridized carbons (Fsp3) is 0.500. The third-order valence-corrected chi connectivity index (χ3v) is 5.12. The van der Waals surface area contributed by atoms with Crippen LogP contribution in [-0.4, -0.2) is 53.8 Å². The van der Waals surface area contributed by atoms with Crippen LogP contribution in [0, 0.1) is 5.92 Å². The van der Waals surface area contributed by atoms with Gasteiger partial charge in [-0.1, -0.05) is 0 Å². The number of carbonyl (C=O) groups is 1. The third-order valence-electron chi connectivity index (χ3n) is 5.12. The normalized spacial score (nSPS) is 27.5. The first kappa shape index (κ1) is 13.6. The van der Waals surface area contributed by atoms with Crippen LogP contribution < -0.4 is 10.1 Å². The van der Waals surface area contributed by atoms with Crippen LogP contribution in [0.1, 0.15) is 23.3 Å². The highest BCUT2D eigenvalue weighted by Crippen LogP contribution is 2.36. The molecule has 2 fully saturated rings. The number of nitrogens with zero attached hydrogens (tertiary/aromatic N) is 2. The number of aromatic nitrogens is 2. The number of fused-ring (bicyclic) bond motifs is 3.